The number of piperidine rings is 1. The fourth-order valence-electron chi connectivity index (χ4n) is 3.88. The van der Waals surface area contributed by atoms with Gasteiger partial charge in [-0.3, -0.25) is 9.69 Å². The Morgan fingerprint density at radius 3 is 2.31 bits per heavy atom. The third-order valence-corrected chi connectivity index (χ3v) is 5.36. The second-order valence-electron chi connectivity index (χ2n) is 7.00. The van der Waals surface area contributed by atoms with Crippen LogP contribution in [0.4, 0.5) is 5.69 Å². The molecule has 0 saturated carbocycles. The molecule has 3 rings (SSSR count). The summed E-state index contributed by atoms with van der Waals surface area (Å²) in [5, 5.41) is 3.40. The summed E-state index contributed by atoms with van der Waals surface area (Å²) >= 11 is 0. The molecular weight excluding hydrogens is 354 g/mol. The lowest BCUT2D eigenvalue weighted by Gasteiger charge is -2.30. The van der Waals surface area contributed by atoms with Crippen LogP contribution in [0, 0.1) is 5.92 Å². The maximum Gasteiger partial charge on any atom is 0.244 e. The third kappa shape index (κ3) is 4.61. The number of anilines is 1. The summed E-state index contributed by atoms with van der Waals surface area (Å²) < 4.78 is 10.7. The Labute approximate surface area is 162 Å². The maximum absolute atomic E-state index is 13.0. The minimum atomic E-state index is -0.0351. The zero-order valence-corrected chi connectivity index (χ0v) is 16.7. The molecule has 2 fully saturated rings. The van der Waals surface area contributed by atoms with E-state index in [9.17, 15) is 4.79 Å². The van der Waals surface area contributed by atoms with E-state index < -0.39 is 0 Å². The number of nitrogens with one attached hydrogen (secondary N) is 1. The number of ether oxygens (including phenoxy) is 2. The predicted octanol–water partition coefficient (Wildman–Crippen LogP) is 2.16. The SMILES string of the molecule is COc1cc(OC)cc(N2CCC(N(C)CC3CCNCC3)C2=O)c1.Cl. The van der Waals surface area contributed by atoms with Crippen LogP contribution in [0.2, 0.25) is 0 Å². The van der Waals surface area contributed by atoms with Gasteiger partial charge in [0.25, 0.3) is 0 Å². The maximum atomic E-state index is 13.0. The van der Waals surface area contributed by atoms with Crippen molar-refractivity contribution in [1.29, 1.82) is 0 Å². The quantitative estimate of drug-likeness (QED) is 0.815. The first-order valence-electron chi connectivity index (χ1n) is 9.07. The monoisotopic (exact) mass is 383 g/mol. The molecule has 0 radical (unpaired) electrons. The highest BCUT2D eigenvalue weighted by Gasteiger charge is 2.36. The Morgan fingerprint density at radius 2 is 1.73 bits per heavy atom. The van der Waals surface area contributed by atoms with E-state index in [1.54, 1.807) is 14.2 Å². The lowest BCUT2D eigenvalue weighted by Crippen LogP contribution is -2.43. The first kappa shape index (κ1) is 20.8. The van der Waals surface area contributed by atoms with Gasteiger partial charge in [0.2, 0.25) is 5.91 Å². The van der Waals surface area contributed by atoms with Gasteiger partial charge in [0.15, 0.2) is 0 Å². The van der Waals surface area contributed by atoms with Crippen LogP contribution in [0.25, 0.3) is 0 Å². The number of amides is 1. The lowest BCUT2D eigenvalue weighted by atomic mass is 9.97. The highest BCUT2D eigenvalue weighted by molar-refractivity contribution is 5.99. The van der Waals surface area contributed by atoms with E-state index >= 15 is 0 Å². The van der Waals surface area contributed by atoms with Crippen LogP contribution in [0.15, 0.2) is 18.2 Å². The summed E-state index contributed by atoms with van der Waals surface area (Å²) in [6.45, 7) is 3.91. The van der Waals surface area contributed by atoms with Crippen molar-refractivity contribution < 1.29 is 14.3 Å². The molecule has 1 unspecified atom stereocenters. The van der Waals surface area contributed by atoms with Crippen molar-refractivity contribution in [2.75, 3.05) is 52.3 Å². The number of rotatable bonds is 6. The number of benzene rings is 1. The number of halogens is 1. The highest BCUT2D eigenvalue weighted by Crippen LogP contribution is 2.32. The number of hydrogen-bond donors (Lipinski definition) is 1. The van der Waals surface area contributed by atoms with Crippen LogP contribution < -0.4 is 19.7 Å². The smallest absolute Gasteiger partial charge is 0.244 e. The van der Waals surface area contributed by atoms with Crippen LogP contribution in [0.3, 0.4) is 0 Å². The minimum Gasteiger partial charge on any atom is -0.497 e. The highest BCUT2D eigenvalue weighted by atomic mass is 35.5. The molecule has 2 aliphatic heterocycles. The van der Waals surface area contributed by atoms with Crippen LogP contribution in [0.5, 0.6) is 11.5 Å². The van der Waals surface area contributed by atoms with E-state index in [4.69, 9.17) is 9.47 Å². The van der Waals surface area contributed by atoms with Gasteiger partial charge >= 0.3 is 0 Å². The van der Waals surface area contributed by atoms with Crippen molar-refractivity contribution in [3.05, 3.63) is 18.2 Å². The molecule has 2 aliphatic rings. The van der Waals surface area contributed by atoms with Gasteiger partial charge in [-0.05, 0) is 45.3 Å². The molecule has 1 atom stereocenters. The van der Waals surface area contributed by atoms with Gasteiger partial charge in [0.05, 0.1) is 25.9 Å². The molecule has 2 heterocycles. The zero-order chi connectivity index (χ0) is 17.8. The number of hydrogen-bond acceptors (Lipinski definition) is 5. The summed E-state index contributed by atoms with van der Waals surface area (Å²) in [6.07, 6.45) is 3.25. The van der Waals surface area contributed by atoms with Crippen molar-refractivity contribution in [3.8, 4) is 11.5 Å². The Bertz CT molecular complexity index is 585. The van der Waals surface area contributed by atoms with E-state index in [-0.39, 0.29) is 24.4 Å². The Hall–Kier alpha value is -1.50. The van der Waals surface area contributed by atoms with E-state index in [0.29, 0.717) is 17.4 Å². The summed E-state index contributed by atoms with van der Waals surface area (Å²) in [5.74, 6) is 2.26. The summed E-state index contributed by atoms with van der Waals surface area (Å²) in [7, 11) is 5.33. The normalized spacial score (nSPS) is 21.0. The molecule has 1 N–H and O–H groups in total. The van der Waals surface area contributed by atoms with Crippen molar-refractivity contribution >= 4 is 24.0 Å². The Kier molecular flexibility index (Phi) is 7.55. The zero-order valence-electron chi connectivity index (χ0n) is 15.9. The molecule has 1 aromatic carbocycles. The molecule has 0 aliphatic carbocycles. The number of methoxy groups -OCH3 is 2. The molecule has 1 amide bonds. The molecule has 0 spiro atoms. The van der Waals surface area contributed by atoms with E-state index in [2.05, 4.69) is 17.3 Å². The van der Waals surface area contributed by atoms with Crippen LogP contribution in [-0.2, 0) is 4.79 Å². The average molecular weight is 384 g/mol. The first-order valence-corrected chi connectivity index (χ1v) is 9.07. The number of likely N-dealkylation sites (N-methyl/N-ethyl adjacent to an activating group) is 1. The summed E-state index contributed by atoms with van der Waals surface area (Å²) in [6, 6.07) is 5.59. The van der Waals surface area contributed by atoms with E-state index in [1.165, 1.54) is 12.8 Å². The number of carbonyl (C=O) groups is 1. The second-order valence-corrected chi connectivity index (χ2v) is 7.00. The van der Waals surface area contributed by atoms with Crippen LogP contribution in [-0.4, -0.2) is 64.3 Å². The topological polar surface area (TPSA) is 54.0 Å². The van der Waals surface area contributed by atoms with E-state index in [0.717, 1.165) is 38.3 Å². The predicted molar refractivity (Wildman–Crippen MR) is 106 cm³/mol. The van der Waals surface area contributed by atoms with Gasteiger partial charge in [-0.1, -0.05) is 0 Å². The fraction of sp³-hybridized carbons (Fsp3) is 0.632. The molecule has 7 heteroatoms. The molecule has 1 aromatic rings. The van der Waals surface area contributed by atoms with Gasteiger partial charge in [0, 0.05) is 31.3 Å². The Balaban J connectivity index is 0.00000243. The average Bonchev–Trinajstić information content (AvgIpc) is 3.03. The van der Waals surface area contributed by atoms with Crippen molar-refractivity contribution in [2.45, 2.75) is 25.3 Å². The largest absolute Gasteiger partial charge is 0.497 e. The van der Waals surface area contributed by atoms with Gasteiger partial charge in [-0.2, -0.15) is 0 Å². The molecule has 2 saturated heterocycles. The number of carbonyl (C=O) groups excluding carboxylic acids is 1. The van der Waals surface area contributed by atoms with Crippen LogP contribution >= 0.6 is 12.4 Å². The number of nitrogens with zero attached hydrogens (tertiary/aromatic N) is 2. The molecule has 0 aromatic heterocycles. The van der Waals surface area contributed by atoms with Crippen molar-refractivity contribution in [1.82, 2.24) is 10.2 Å². The lowest BCUT2D eigenvalue weighted by molar-refractivity contribution is -0.121. The van der Waals surface area contributed by atoms with Crippen molar-refractivity contribution in [3.63, 3.8) is 0 Å². The van der Waals surface area contributed by atoms with Gasteiger partial charge in [-0.25, -0.2) is 0 Å². The molecule has 6 nitrogen and oxygen atoms in total. The second kappa shape index (κ2) is 9.44. The molecule has 26 heavy (non-hydrogen) atoms. The van der Waals surface area contributed by atoms with Gasteiger partial charge in [0.1, 0.15) is 11.5 Å². The first-order chi connectivity index (χ1) is 12.1. The standard InChI is InChI=1S/C19H29N3O3.ClH/c1-21(13-14-4-7-20-8-5-14)18-6-9-22(19(18)23)15-10-16(24-2)12-17(11-15)25-3;/h10-12,14,18,20H,4-9,13H2,1-3H3;1H. The third-order valence-electron chi connectivity index (χ3n) is 5.36. The van der Waals surface area contributed by atoms with Crippen LogP contribution in [0.1, 0.15) is 19.3 Å². The summed E-state index contributed by atoms with van der Waals surface area (Å²) in [5.41, 5.74) is 0.846. The molecule has 146 valence electrons. The van der Waals surface area contributed by atoms with E-state index in [1.807, 2.05) is 23.1 Å². The van der Waals surface area contributed by atoms with Gasteiger partial charge in [-0.15, -0.1) is 12.4 Å². The summed E-state index contributed by atoms with van der Waals surface area (Å²) in [4.78, 5) is 17.1. The molecule has 0 bridgehead atoms. The fourth-order valence-corrected chi connectivity index (χ4v) is 3.88. The molecular formula is C19H30ClN3O3. The minimum absolute atomic E-state index is 0. The van der Waals surface area contributed by atoms with Gasteiger partial charge < -0.3 is 19.7 Å². The Morgan fingerprint density at radius 1 is 1.12 bits per heavy atom. The van der Waals surface area contributed by atoms with Crippen molar-refractivity contribution in [2.24, 2.45) is 5.92 Å².